The highest BCUT2D eigenvalue weighted by Crippen LogP contribution is 2.61. The summed E-state index contributed by atoms with van der Waals surface area (Å²) in [6, 6.07) is 15.6. The molecule has 0 aromatic heterocycles. The Bertz CT molecular complexity index is 1660. The molecule has 12 nitrogen and oxygen atoms in total. The van der Waals surface area contributed by atoms with Gasteiger partial charge in [-0.3, -0.25) is 24.1 Å². The summed E-state index contributed by atoms with van der Waals surface area (Å²) in [5, 5.41) is 13.9. The number of ether oxygens (including phenoxy) is 3. The second-order valence-electron chi connectivity index (χ2n) is 14.5. The molecule has 6 rings (SSSR count). The van der Waals surface area contributed by atoms with Crippen molar-refractivity contribution in [1.29, 1.82) is 0 Å². The third-order valence-electron chi connectivity index (χ3n) is 11.2. The number of halogens is 1. The molecule has 4 fully saturated rings. The Balaban J connectivity index is 1.36. The number of morpholine rings is 1. The van der Waals surface area contributed by atoms with E-state index in [4.69, 9.17) is 14.2 Å². The Morgan fingerprint density at radius 3 is 2.37 bits per heavy atom. The monoisotopic (exact) mass is 806 g/mol. The molecular weight excluding hydrogens is 756 g/mol. The van der Waals surface area contributed by atoms with Crippen molar-refractivity contribution < 1.29 is 38.5 Å². The lowest BCUT2D eigenvalue weighted by Gasteiger charge is -2.40. The largest absolute Gasteiger partial charge is 0.455 e. The number of nitrogens with one attached hydrogen (secondary N) is 1. The lowest BCUT2D eigenvalue weighted by atomic mass is 9.70. The number of alkyl halides is 1. The Morgan fingerprint density at radius 1 is 1.07 bits per heavy atom. The molecule has 4 aliphatic heterocycles. The highest BCUT2D eigenvalue weighted by Gasteiger charge is 2.77. The SMILES string of the molecule is C=CCCC(=O)N[C@H](C)[C@@H](OC(=O)[C@@H]1[C@H]2O[C@@]3(CC2Br)[C@H](C(=O)N(CC=C)CCN2CCOCC2)N([C@H](CO)c2ccccc2)C(=O)[C@@H]13)c1ccccc1. The van der Waals surface area contributed by atoms with E-state index in [1.54, 1.807) is 24.0 Å². The number of aliphatic hydroxyl groups is 1. The van der Waals surface area contributed by atoms with Crippen molar-refractivity contribution in [1.82, 2.24) is 20.0 Å². The molecule has 13 heteroatoms. The van der Waals surface area contributed by atoms with E-state index in [1.165, 1.54) is 4.90 Å². The van der Waals surface area contributed by atoms with Crippen molar-refractivity contribution in [2.24, 2.45) is 11.8 Å². The van der Waals surface area contributed by atoms with Gasteiger partial charge in [-0.2, -0.15) is 0 Å². The number of aliphatic hydroxyl groups excluding tert-OH is 1. The van der Waals surface area contributed by atoms with Crippen molar-refractivity contribution in [3.63, 3.8) is 0 Å². The molecule has 2 aromatic rings. The molecule has 1 spiro atoms. The number of carbonyl (C=O) groups is 4. The summed E-state index contributed by atoms with van der Waals surface area (Å²) in [6.45, 7) is 12.9. The number of nitrogens with zero attached hydrogens (tertiary/aromatic N) is 3. The van der Waals surface area contributed by atoms with E-state index in [-0.39, 0.29) is 29.6 Å². The van der Waals surface area contributed by atoms with E-state index < -0.39 is 66.3 Å². The number of benzene rings is 2. The van der Waals surface area contributed by atoms with Crippen LogP contribution in [0.25, 0.3) is 0 Å². The van der Waals surface area contributed by atoms with Gasteiger partial charge in [0.05, 0.1) is 49.8 Å². The topological polar surface area (TPSA) is 138 Å². The molecule has 54 heavy (non-hydrogen) atoms. The third-order valence-corrected chi connectivity index (χ3v) is 12.0. The first kappa shape index (κ1) is 39.8. The van der Waals surface area contributed by atoms with Gasteiger partial charge in [0, 0.05) is 44.0 Å². The number of carbonyl (C=O) groups excluding carboxylic acids is 4. The van der Waals surface area contributed by atoms with Gasteiger partial charge in [-0.25, -0.2) is 0 Å². The predicted octanol–water partition coefficient (Wildman–Crippen LogP) is 3.57. The van der Waals surface area contributed by atoms with E-state index in [0.717, 1.165) is 13.1 Å². The predicted molar refractivity (Wildman–Crippen MR) is 205 cm³/mol. The standard InChI is InChI=1S/C41H51BrN4O8/c1-4-6-17-32(48)43-27(3)35(29-15-11-8-12-16-29)53-40(51)33-34-38(49)46(31(26-47)28-13-9-7-10-14-28)37(41(34)25-30(42)36(33)54-41)39(50)45(18-5-2)20-19-44-21-23-52-24-22-44/h4-5,7-16,27,30-31,33-37,47H,1-2,6,17-26H2,3H3,(H,43,48)/t27-,30?,31-,33+,34-,35-,36+,37+,41-/m1/s1. The van der Waals surface area contributed by atoms with Crippen LogP contribution in [0.5, 0.6) is 0 Å². The van der Waals surface area contributed by atoms with E-state index in [1.807, 2.05) is 60.7 Å². The molecule has 290 valence electrons. The van der Waals surface area contributed by atoms with Gasteiger partial charge in [0.25, 0.3) is 0 Å². The van der Waals surface area contributed by atoms with Crippen LogP contribution in [0.1, 0.15) is 49.5 Å². The first-order valence-corrected chi connectivity index (χ1v) is 19.7. The fourth-order valence-corrected chi connectivity index (χ4v) is 9.57. The normalized spacial score (nSPS) is 27.8. The summed E-state index contributed by atoms with van der Waals surface area (Å²) in [5.74, 6) is -3.78. The highest BCUT2D eigenvalue weighted by molar-refractivity contribution is 9.09. The van der Waals surface area contributed by atoms with Crippen molar-refractivity contribution in [3.8, 4) is 0 Å². The summed E-state index contributed by atoms with van der Waals surface area (Å²) in [6.07, 6.45) is 2.72. The number of allylic oxidation sites excluding steroid dienone is 1. The molecule has 4 heterocycles. The molecular formula is C41H51BrN4O8. The number of rotatable bonds is 17. The maximum atomic E-state index is 15.1. The van der Waals surface area contributed by atoms with Crippen molar-refractivity contribution in [3.05, 3.63) is 97.1 Å². The third kappa shape index (κ3) is 7.92. The van der Waals surface area contributed by atoms with Crippen LogP contribution in [-0.4, -0.2) is 125 Å². The first-order chi connectivity index (χ1) is 26.1. The maximum Gasteiger partial charge on any atom is 0.313 e. The van der Waals surface area contributed by atoms with Gasteiger partial charge in [-0.15, -0.1) is 13.2 Å². The summed E-state index contributed by atoms with van der Waals surface area (Å²) in [7, 11) is 0. The van der Waals surface area contributed by atoms with E-state index in [0.29, 0.717) is 50.3 Å². The molecule has 0 saturated carbocycles. The van der Waals surface area contributed by atoms with Crippen LogP contribution in [0.15, 0.2) is 86.0 Å². The lowest BCUT2D eigenvalue weighted by Crippen LogP contribution is -2.58. The average Bonchev–Trinajstić information content (AvgIpc) is 3.79. The summed E-state index contributed by atoms with van der Waals surface area (Å²) in [5.41, 5.74) is -0.0570. The molecule has 0 radical (unpaired) electrons. The molecule has 0 aliphatic carbocycles. The van der Waals surface area contributed by atoms with E-state index >= 15 is 9.59 Å². The minimum Gasteiger partial charge on any atom is -0.455 e. The number of fused-ring (bicyclic) bond motifs is 1. The van der Waals surface area contributed by atoms with Gasteiger partial charge >= 0.3 is 5.97 Å². The van der Waals surface area contributed by atoms with Crippen molar-refractivity contribution in [2.45, 2.75) is 66.9 Å². The second-order valence-corrected chi connectivity index (χ2v) is 15.7. The summed E-state index contributed by atoms with van der Waals surface area (Å²) < 4.78 is 18.6. The zero-order chi connectivity index (χ0) is 38.4. The number of amides is 3. The van der Waals surface area contributed by atoms with Crippen LogP contribution < -0.4 is 5.32 Å². The van der Waals surface area contributed by atoms with E-state index in [2.05, 4.69) is 39.3 Å². The first-order valence-electron chi connectivity index (χ1n) is 18.8. The highest BCUT2D eigenvalue weighted by atomic mass is 79.9. The Hall–Kier alpha value is -3.88. The quantitative estimate of drug-likeness (QED) is 0.140. The number of esters is 1. The molecule has 1 unspecified atom stereocenters. The lowest BCUT2D eigenvalue weighted by molar-refractivity contribution is -0.162. The minimum atomic E-state index is -1.38. The smallest absolute Gasteiger partial charge is 0.313 e. The molecule has 2 N–H and O–H groups in total. The molecule has 4 aliphatic rings. The Morgan fingerprint density at radius 2 is 1.74 bits per heavy atom. The van der Waals surface area contributed by atoms with Crippen LogP contribution in [0.4, 0.5) is 0 Å². The van der Waals surface area contributed by atoms with Crippen molar-refractivity contribution >= 4 is 39.6 Å². The Kier molecular flexibility index (Phi) is 13.1. The van der Waals surface area contributed by atoms with Gasteiger partial charge < -0.3 is 34.4 Å². The summed E-state index contributed by atoms with van der Waals surface area (Å²) >= 11 is 3.76. The zero-order valence-electron chi connectivity index (χ0n) is 30.8. The van der Waals surface area contributed by atoms with Gasteiger partial charge in [0.15, 0.2) is 0 Å². The maximum absolute atomic E-state index is 15.1. The van der Waals surface area contributed by atoms with Crippen LogP contribution in [0, 0.1) is 11.8 Å². The van der Waals surface area contributed by atoms with Gasteiger partial charge in [-0.05, 0) is 30.9 Å². The van der Waals surface area contributed by atoms with Gasteiger partial charge in [0.1, 0.15) is 17.7 Å². The average molecular weight is 808 g/mol. The van der Waals surface area contributed by atoms with Crippen molar-refractivity contribution in [2.75, 3.05) is 52.5 Å². The summed E-state index contributed by atoms with van der Waals surface area (Å²) in [4.78, 5) is 62.5. The number of likely N-dealkylation sites (tertiary alicyclic amines) is 1. The van der Waals surface area contributed by atoms with Crippen LogP contribution >= 0.6 is 15.9 Å². The minimum absolute atomic E-state index is 0.210. The molecule has 4 saturated heterocycles. The molecule has 2 bridgehead atoms. The fraction of sp³-hybridized carbons (Fsp3) is 0.512. The Labute approximate surface area is 325 Å². The van der Waals surface area contributed by atoms with Gasteiger partial charge in [0.2, 0.25) is 17.7 Å². The van der Waals surface area contributed by atoms with Gasteiger partial charge in [-0.1, -0.05) is 88.7 Å². The van der Waals surface area contributed by atoms with E-state index in [9.17, 15) is 14.7 Å². The fourth-order valence-electron chi connectivity index (χ4n) is 8.63. The number of hydrogen-bond acceptors (Lipinski definition) is 9. The second kappa shape index (κ2) is 17.7. The van der Waals surface area contributed by atoms with Crippen LogP contribution in [0.3, 0.4) is 0 Å². The molecule has 3 amide bonds. The molecule has 9 atom stereocenters. The zero-order valence-corrected chi connectivity index (χ0v) is 32.3. The van der Waals surface area contributed by atoms with Crippen LogP contribution in [0.2, 0.25) is 0 Å². The molecule has 2 aromatic carbocycles. The number of hydrogen-bond donors (Lipinski definition) is 2. The van der Waals surface area contributed by atoms with Crippen LogP contribution in [-0.2, 0) is 33.4 Å².